The first kappa shape index (κ1) is 16.9. The summed E-state index contributed by atoms with van der Waals surface area (Å²) in [6.07, 6.45) is 0.357. The summed E-state index contributed by atoms with van der Waals surface area (Å²) >= 11 is 0. The van der Waals surface area contributed by atoms with Crippen LogP contribution in [-0.4, -0.2) is 37.6 Å². The van der Waals surface area contributed by atoms with Crippen molar-refractivity contribution in [2.45, 2.75) is 13.3 Å². The van der Waals surface area contributed by atoms with Crippen molar-refractivity contribution < 1.29 is 14.3 Å². The number of aryl methyl sites for hydroxylation is 1. The predicted molar refractivity (Wildman–Crippen MR) is 90.9 cm³/mol. The SMILES string of the molecule is Cc1ccc(OCCN(C)C(=O)CCOc2ccccc2)cc1. The monoisotopic (exact) mass is 313 g/mol. The topological polar surface area (TPSA) is 38.8 Å². The van der Waals surface area contributed by atoms with E-state index in [0.29, 0.717) is 26.2 Å². The lowest BCUT2D eigenvalue weighted by Crippen LogP contribution is -2.31. The molecule has 4 heteroatoms. The maximum absolute atomic E-state index is 12.0. The average Bonchev–Trinajstić information content (AvgIpc) is 2.57. The highest BCUT2D eigenvalue weighted by molar-refractivity contribution is 5.75. The lowest BCUT2D eigenvalue weighted by atomic mass is 10.2. The summed E-state index contributed by atoms with van der Waals surface area (Å²) in [6.45, 7) is 3.45. The van der Waals surface area contributed by atoms with E-state index < -0.39 is 0 Å². The van der Waals surface area contributed by atoms with Crippen LogP contribution in [0.25, 0.3) is 0 Å². The number of hydrogen-bond acceptors (Lipinski definition) is 3. The van der Waals surface area contributed by atoms with E-state index in [0.717, 1.165) is 11.5 Å². The Labute approximate surface area is 137 Å². The summed E-state index contributed by atoms with van der Waals surface area (Å²) in [6, 6.07) is 17.4. The maximum atomic E-state index is 12.0. The van der Waals surface area contributed by atoms with Crippen LogP contribution in [-0.2, 0) is 4.79 Å². The third kappa shape index (κ3) is 6.02. The molecule has 23 heavy (non-hydrogen) atoms. The van der Waals surface area contributed by atoms with E-state index in [4.69, 9.17) is 9.47 Å². The Morgan fingerprint density at radius 2 is 1.52 bits per heavy atom. The van der Waals surface area contributed by atoms with Crippen LogP contribution in [0, 0.1) is 6.92 Å². The standard InChI is InChI=1S/C19H23NO3/c1-16-8-10-18(11-9-16)23-15-13-20(2)19(21)12-14-22-17-6-4-3-5-7-17/h3-11H,12-15H2,1-2H3. The van der Waals surface area contributed by atoms with Gasteiger partial charge in [0.05, 0.1) is 19.6 Å². The number of benzene rings is 2. The second-order valence-electron chi connectivity index (χ2n) is 5.39. The van der Waals surface area contributed by atoms with Crippen molar-refractivity contribution in [1.82, 2.24) is 4.90 Å². The molecule has 0 aliphatic heterocycles. The van der Waals surface area contributed by atoms with Crippen molar-refractivity contribution in [1.29, 1.82) is 0 Å². The summed E-state index contributed by atoms with van der Waals surface area (Å²) in [7, 11) is 1.78. The minimum Gasteiger partial charge on any atom is -0.493 e. The van der Waals surface area contributed by atoms with Crippen molar-refractivity contribution in [2.75, 3.05) is 26.8 Å². The quantitative estimate of drug-likeness (QED) is 0.750. The second-order valence-corrected chi connectivity index (χ2v) is 5.39. The number of likely N-dealkylation sites (N-methyl/N-ethyl adjacent to an activating group) is 1. The summed E-state index contributed by atoms with van der Waals surface area (Å²) in [5.41, 5.74) is 1.20. The minimum atomic E-state index is 0.0495. The summed E-state index contributed by atoms with van der Waals surface area (Å²) in [5.74, 6) is 1.66. The summed E-state index contributed by atoms with van der Waals surface area (Å²) in [4.78, 5) is 13.7. The zero-order valence-corrected chi connectivity index (χ0v) is 13.7. The van der Waals surface area contributed by atoms with E-state index in [1.165, 1.54) is 5.56 Å². The number of nitrogens with zero attached hydrogens (tertiary/aromatic N) is 1. The third-order valence-electron chi connectivity index (χ3n) is 3.47. The van der Waals surface area contributed by atoms with Gasteiger partial charge in [-0.25, -0.2) is 0 Å². The lowest BCUT2D eigenvalue weighted by Gasteiger charge is -2.17. The zero-order valence-electron chi connectivity index (χ0n) is 13.7. The van der Waals surface area contributed by atoms with Gasteiger partial charge >= 0.3 is 0 Å². The Morgan fingerprint density at radius 3 is 2.22 bits per heavy atom. The number of amides is 1. The zero-order chi connectivity index (χ0) is 16.5. The molecule has 0 saturated heterocycles. The van der Waals surface area contributed by atoms with Crippen LogP contribution in [0.1, 0.15) is 12.0 Å². The van der Waals surface area contributed by atoms with E-state index >= 15 is 0 Å². The fourth-order valence-electron chi connectivity index (χ4n) is 2.02. The van der Waals surface area contributed by atoms with Crippen LogP contribution in [0.5, 0.6) is 11.5 Å². The second kappa shape index (κ2) is 8.83. The minimum absolute atomic E-state index is 0.0495. The van der Waals surface area contributed by atoms with Gasteiger partial charge in [0.25, 0.3) is 0 Å². The van der Waals surface area contributed by atoms with E-state index in [1.54, 1.807) is 11.9 Å². The van der Waals surface area contributed by atoms with Crippen LogP contribution in [0.15, 0.2) is 54.6 Å². The van der Waals surface area contributed by atoms with E-state index in [1.807, 2.05) is 61.5 Å². The smallest absolute Gasteiger partial charge is 0.225 e. The highest BCUT2D eigenvalue weighted by Crippen LogP contribution is 2.11. The molecule has 0 fully saturated rings. The van der Waals surface area contributed by atoms with Crippen LogP contribution >= 0.6 is 0 Å². The first-order valence-corrected chi connectivity index (χ1v) is 7.76. The van der Waals surface area contributed by atoms with E-state index in [-0.39, 0.29) is 5.91 Å². The molecule has 0 N–H and O–H groups in total. The number of carbonyl (C=O) groups excluding carboxylic acids is 1. The fraction of sp³-hybridized carbons (Fsp3) is 0.316. The van der Waals surface area contributed by atoms with Gasteiger partial charge in [0.1, 0.15) is 18.1 Å². The van der Waals surface area contributed by atoms with Gasteiger partial charge in [0.2, 0.25) is 5.91 Å². The molecule has 2 aromatic carbocycles. The Morgan fingerprint density at radius 1 is 0.913 bits per heavy atom. The van der Waals surface area contributed by atoms with Crippen LogP contribution in [0.4, 0.5) is 0 Å². The summed E-state index contributed by atoms with van der Waals surface area (Å²) < 4.78 is 11.2. The van der Waals surface area contributed by atoms with Crippen molar-refractivity contribution >= 4 is 5.91 Å². The van der Waals surface area contributed by atoms with Gasteiger partial charge < -0.3 is 14.4 Å². The van der Waals surface area contributed by atoms with E-state index in [2.05, 4.69) is 0 Å². The number of rotatable bonds is 8. The third-order valence-corrected chi connectivity index (χ3v) is 3.47. The molecule has 0 aliphatic rings. The van der Waals surface area contributed by atoms with Crippen molar-refractivity contribution in [3.8, 4) is 11.5 Å². The molecule has 0 radical (unpaired) electrons. The molecule has 0 heterocycles. The average molecular weight is 313 g/mol. The molecule has 122 valence electrons. The molecule has 4 nitrogen and oxygen atoms in total. The Hall–Kier alpha value is -2.49. The van der Waals surface area contributed by atoms with Crippen LogP contribution in [0.3, 0.4) is 0 Å². The number of para-hydroxylation sites is 1. The molecular weight excluding hydrogens is 290 g/mol. The molecule has 2 aromatic rings. The van der Waals surface area contributed by atoms with E-state index in [9.17, 15) is 4.79 Å². The number of carbonyl (C=O) groups is 1. The highest BCUT2D eigenvalue weighted by atomic mass is 16.5. The van der Waals surface area contributed by atoms with Crippen LogP contribution in [0.2, 0.25) is 0 Å². The molecule has 0 atom stereocenters. The highest BCUT2D eigenvalue weighted by Gasteiger charge is 2.09. The van der Waals surface area contributed by atoms with Gasteiger partial charge in [-0.2, -0.15) is 0 Å². The Balaban J connectivity index is 1.63. The van der Waals surface area contributed by atoms with Gasteiger partial charge in [-0.05, 0) is 31.2 Å². The van der Waals surface area contributed by atoms with Gasteiger partial charge in [0, 0.05) is 7.05 Å². The molecule has 0 aliphatic carbocycles. The normalized spacial score (nSPS) is 10.2. The summed E-state index contributed by atoms with van der Waals surface area (Å²) in [5, 5.41) is 0. The van der Waals surface area contributed by atoms with Crippen molar-refractivity contribution in [2.24, 2.45) is 0 Å². The molecule has 1 amide bonds. The molecule has 0 saturated carbocycles. The fourth-order valence-corrected chi connectivity index (χ4v) is 2.02. The molecule has 0 spiro atoms. The van der Waals surface area contributed by atoms with Gasteiger partial charge in [-0.3, -0.25) is 4.79 Å². The van der Waals surface area contributed by atoms with Gasteiger partial charge in [0.15, 0.2) is 0 Å². The largest absolute Gasteiger partial charge is 0.493 e. The molecule has 2 rings (SSSR count). The molecule has 0 unspecified atom stereocenters. The number of ether oxygens (including phenoxy) is 2. The predicted octanol–water partition coefficient (Wildman–Crippen LogP) is 3.30. The Bertz CT molecular complexity index is 596. The number of hydrogen-bond donors (Lipinski definition) is 0. The molecular formula is C19H23NO3. The van der Waals surface area contributed by atoms with Crippen LogP contribution < -0.4 is 9.47 Å². The van der Waals surface area contributed by atoms with Gasteiger partial charge in [-0.1, -0.05) is 35.9 Å². The van der Waals surface area contributed by atoms with Gasteiger partial charge in [-0.15, -0.1) is 0 Å². The lowest BCUT2D eigenvalue weighted by molar-refractivity contribution is -0.130. The Kier molecular flexibility index (Phi) is 6.48. The first-order valence-electron chi connectivity index (χ1n) is 7.76. The molecule has 0 bridgehead atoms. The van der Waals surface area contributed by atoms with Crippen molar-refractivity contribution in [3.05, 3.63) is 60.2 Å². The first-order chi connectivity index (χ1) is 11.1. The maximum Gasteiger partial charge on any atom is 0.225 e. The van der Waals surface area contributed by atoms with Crippen molar-refractivity contribution in [3.63, 3.8) is 0 Å². The molecule has 0 aromatic heterocycles.